The molecule has 21 heavy (non-hydrogen) atoms. The number of carbonyl (C=O) groups excluding carboxylic acids is 3. The van der Waals surface area contributed by atoms with Gasteiger partial charge in [0.2, 0.25) is 0 Å². The highest BCUT2D eigenvalue weighted by atomic mass is 16.6. The van der Waals surface area contributed by atoms with Crippen molar-refractivity contribution in [1.82, 2.24) is 20.8 Å². The van der Waals surface area contributed by atoms with Crippen LogP contribution in [0.2, 0.25) is 0 Å². The van der Waals surface area contributed by atoms with Crippen molar-refractivity contribution in [3.05, 3.63) is 24.3 Å². The molecule has 1 heterocycles. The molecule has 1 atom stereocenters. The van der Waals surface area contributed by atoms with Crippen LogP contribution in [0.1, 0.15) is 31.3 Å². The van der Waals surface area contributed by atoms with E-state index in [1.807, 2.05) is 0 Å². The minimum atomic E-state index is -1.16. The maximum atomic E-state index is 12.0. The molecule has 1 unspecified atom stereocenters. The molecule has 114 valence electrons. The molecule has 0 saturated carbocycles. The molecule has 1 aromatic heterocycles. The number of rotatable bonds is 3. The van der Waals surface area contributed by atoms with E-state index in [1.54, 1.807) is 20.8 Å². The average molecular weight is 295 g/mol. The lowest BCUT2D eigenvalue weighted by Gasteiger charge is -2.28. The van der Waals surface area contributed by atoms with Gasteiger partial charge in [0.1, 0.15) is 5.69 Å². The zero-order valence-electron chi connectivity index (χ0n) is 11.9. The zero-order chi connectivity index (χ0) is 16.0. The average Bonchev–Trinajstić information content (AvgIpc) is 2.41. The third kappa shape index (κ3) is 5.05. The van der Waals surface area contributed by atoms with Crippen LogP contribution in [0.15, 0.2) is 18.6 Å². The summed E-state index contributed by atoms with van der Waals surface area (Å²) in [7, 11) is 0. The first kappa shape index (κ1) is 16.3. The normalized spacial score (nSPS) is 12.1. The van der Waals surface area contributed by atoms with Crippen LogP contribution in [-0.2, 0) is 9.53 Å². The maximum Gasteiger partial charge on any atom is 0.405 e. The van der Waals surface area contributed by atoms with E-state index in [4.69, 9.17) is 10.5 Å². The van der Waals surface area contributed by atoms with Crippen LogP contribution in [-0.4, -0.2) is 34.0 Å². The monoisotopic (exact) mass is 295 g/mol. The highest BCUT2D eigenvalue weighted by Crippen LogP contribution is 2.22. The van der Waals surface area contributed by atoms with E-state index in [0.29, 0.717) is 0 Å². The molecule has 9 nitrogen and oxygen atoms in total. The summed E-state index contributed by atoms with van der Waals surface area (Å²) >= 11 is 0. The fraction of sp³-hybridized carbons (Fsp3) is 0.417. The Labute approximate surface area is 121 Å². The zero-order valence-corrected chi connectivity index (χ0v) is 11.9. The van der Waals surface area contributed by atoms with Crippen molar-refractivity contribution in [2.24, 2.45) is 11.1 Å². The molecule has 0 bridgehead atoms. The number of nitrogens with zero attached hydrogens (tertiary/aromatic N) is 2. The number of nitrogens with one attached hydrogen (secondary N) is 2. The Kier molecular flexibility index (Phi) is 5.17. The molecule has 0 radical (unpaired) electrons. The second-order valence-corrected chi connectivity index (χ2v) is 5.22. The van der Waals surface area contributed by atoms with Gasteiger partial charge in [0.15, 0.2) is 6.10 Å². The van der Waals surface area contributed by atoms with Gasteiger partial charge >= 0.3 is 6.09 Å². The quantitative estimate of drug-likeness (QED) is 0.657. The highest BCUT2D eigenvalue weighted by molar-refractivity contribution is 5.94. The molecule has 0 aliphatic heterocycles. The molecule has 0 spiro atoms. The van der Waals surface area contributed by atoms with Gasteiger partial charge < -0.3 is 10.5 Å². The van der Waals surface area contributed by atoms with E-state index in [0.717, 1.165) is 0 Å². The van der Waals surface area contributed by atoms with Crippen LogP contribution in [0.4, 0.5) is 4.79 Å². The predicted molar refractivity (Wildman–Crippen MR) is 71.6 cm³/mol. The van der Waals surface area contributed by atoms with Crippen LogP contribution in [0.3, 0.4) is 0 Å². The van der Waals surface area contributed by atoms with E-state index in [9.17, 15) is 14.4 Å². The van der Waals surface area contributed by atoms with Gasteiger partial charge in [-0.1, -0.05) is 20.8 Å². The summed E-state index contributed by atoms with van der Waals surface area (Å²) < 4.78 is 4.76. The first-order valence-electron chi connectivity index (χ1n) is 6.04. The van der Waals surface area contributed by atoms with Gasteiger partial charge in [0, 0.05) is 17.8 Å². The number of ether oxygens (including phenoxy) is 1. The summed E-state index contributed by atoms with van der Waals surface area (Å²) in [6.07, 6.45) is 1.75. The number of carbonyl (C=O) groups is 3. The van der Waals surface area contributed by atoms with E-state index >= 15 is 0 Å². The van der Waals surface area contributed by atoms with Gasteiger partial charge in [-0.05, 0) is 0 Å². The largest absolute Gasteiger partial charge is 0.436 e. The summed E-state index contributed by atoms with van der Waals surface area (Å²) in [6.45, 7) is 5.06. The standard InChI is InChI=1S/C12H17N5O4/c1-12(2,3)8(21-11(13)20)10(19)17-16-9(18)7-6-14-4-5-15-7/h4-6,8H,1-3H3,(H2,13,20)(H,16,18)(H,17,19). The Morgan fingerprint density at radius 1 is 1.24 bits per heavy atom. The smallest absolute Gasteiger partial charge is 0.405 e. The minimum Gasteiger partial charge on any atom is -0.436 e. The number of hydrogen-bond donors (Lipinski definition) is 3. The van der Waals surface area contributed by atoms with Gasteiger partial charge in [0.25, 0.3) is 11.8 Å². The second-order valence-electron chi connectivity index (χ2n) is 5.22. The Bertz CT molecular complexity index is 526. The number of nitrogens with two attached hydrogens (primary N) is 1. The lowest BCUT2D eigenvalue weighted by Crippen LogP contribution is -2.52. The molecule has 0 fully saturated rings. The van der Waals surface area contributed by atoms with E-state index in [2.05, 4.69) is 20.8 Å². The van der Waals surface area contributed by atoms with Gasteiger partial charge in [-0.25, -0.2) is 9.78 Å². The molecule has 0 aromatic carbocycles. The van der Waals surface area contributed by atoms with Crippen LogP contribution in [0, 0.1) is 5.41 Å². The van der Waals surface area contributed by atoms with E-state index < -0.39 is 29.4 Å². The van der Waals surface area contributed by atoms with Crippen molar-refractivity contribution in [3.8, 4) is 0 Å². The van der Waals surface area contributed by atoms with Gasteiger partial charge in [-0.3, -0.25) is 25.4 Å². The summed E-state index contributed by atoms with van der Waals surface area (Å²) in [5, 5.41) is 0. The van der Waals surface area contributed by atoms with Crippen molar-refractivity contribution in [2.75, 3.05) is 0 Å². The summed E-state index contributed by atoms with van der Waals surface area (Å²) in [5.74, 6) is -1.36. The lowest BCUT2D eigenvalue weighted by molar-refractivity contribution is -0.135. The van der Waals surface area contributed by atoms with E-state index in [-0.39, 0.29) is 5.69 Å². The Morgan fingerprint density at radius 3 is 2.38 bits per heavy atom. The van der Waals surface area contributed by atoms with Crippen LogP contribution < -0.4 is 16.6 Å². The lowest BCUT2D eigenvalue weighted by atomic mass is 9.88. The van der Waals surface area contributed by atoms with Crippen molar-refractivity contribution >= 4 is 17.9 Å². The fourth-order valence-corrected chi connectivity index (χ4v) is 1.40. The van der Waals surface area contributed by atoms with Crippen molar-refractivity contribution in [1.29, 1.82) is 0 Å². The molecule has 0 aliphatic carbocycles. The molecule has 1 aromatic rings. The Hall–Kier alpha value is -2.71. The third-order valence-corrected chi connectivity index (χ3v) is 2.35. The molecule has 0 saturated heterocycles. The molecule has 3 amide bonds. The number of primary amides is 1. The predicted octanol–water partition coefficient (Wildman–Crippen LogP) is -0.252. The minimum absolute atomic E-state index is 0.0286. The summed E-state index contributed by atoms with van der Waals surface area (Å²) in [6, 6.07) is 0. The summed E-state index contributed by atoms with van der Waals surface area (Å²) in [4.78, 5) is 42.0. The highest BCUT2D eigenvalue weighted by Gasteiger charge is 2.34. The second kappa shape index (κ2) is 6.64. The van der Waals surface area contributed by atoms with Crippen LogP contribution >= 0.6 is 0 Å². The topological polar surface area (TPSA) is 136 Å². The Balaban J connectivity index is 2.66. The van der Waals surface area contributed by atoms with Crippen molar-refractivity contribution < 1.29 is 19.1 Å². The molecule has 4 N–H and O–H groups in total. The van der Waals surface area contributed by atoms with Crippen molar-refractivity contribution in [2.45, 2.75) is 26.9 Å². The van der Waals surface area contributed by atoms with Crippen LogP contribution in [0.25, 0.3) is 0 Å². The molecule has 0 aliphatic rings. The first-order valence-corrected chi connectivity index (χ1v) is 6.04. The third-order valence-electron chi connectivity index (χ3n) is 2.35. The first-order chi connectivity index (χ1) is 9.71. The molecule has 9 heteroatoms. The number of hydrogen-bond acceptors (Lipinski definition) is 6. The fourth-order valence-electron chi connectivity index (χ4n) is 1.40. The Morgan fingerprint density at radius 2 is 1.90 bits per heavy atom. The van der Waals surface area contributed by atoms with Gasteiger partial charge in [-0.2, -0.15) is 0 Å². The number of aromatic nitrogens is 2. The van der Waals surface area contributed by atoms with Crippen molar-refractivity contribution in [3.63, 3.8) is 0 Å². The van der Waals surface area contributed by atoms with Gasteiger partial charge in [-0.15, -0.1) is 0 Å². The molecular weight excluding hydrogens is 278 g/mol. The maximum absolute atomic E-state index is 12.0. The van der Waals surface area contributed by atoms with Crippen LogP contribution in [0.5, 0.6) is 0 Å². The van der Waals surface area contributed by atoms with Gasteiger partial charge in [0.05, 0.1) is 6.20 Å². The molecule has 1 rings (SSSR count). The molecular formula is C12H17N5O4. The van der Waals surface area contributed by atoms with E-state index in [1.165, 1.54) is 18.6 Å². The number of hydrazine groups is 1. The summed E-state index contributed by atoms with van der Waals surface area (Å²) in [5.41, 5.74) is 8.56. The number of amides is 3. The SMILES string of the molecule is CC(C)(C)C(OC(N)=O)C(=O)NNC(=O)c1cnccn1.